The zero-order valence-electron chi connectivity index (χ0n) is 11.7. The third-order valence-corrected chi connectivity index (χ3v) is 3.46. The fourth-order valence-corrected chi connectivity index (χ4v) is 2.16. The Hall–Kier alpha value is -2.24. The molecular formula is C14H18N4O2. The largest absolute Gasteiger partial charge is 0.476 e. The summed E-state index contributed by atoms with van der Waals surface area (Å²) in [6, 6.07) is 3.59. The van der Waals surface area contributed by atoms with Gasteiger partial charge in [0.1, 0.15) is 5.69 Å². The SMILES string of the molecule is CCC(CC)Cn1nnc(C(=O)O)c1-c1cccnc1. The average molecular weight is 274 g/mol. The van der Waals surface area contributed by atoms with Crippen molar-refractivity contribution in [2.24, 2.45) is 5.92 Å². The Balaban J connectivity index is 2.46. The van der Waals surface area contributed by atoms with E-state index in [2.05, 4.69) is 29.1 Å². The van der Waals surface area contributed by atoms with Crippen LogP contribution in [-0.4, -0.2) is 31.1 Å². The van der Waals surface area contributed by atoms with Crippen molar-refractivity contribution < 1.29 is 9.90 Å². The molecule has 106 valence electrons. The van der Waals surface area contributed by atoms with Crippen LogP contribution in [0.25, 0.3) is 11.3 Å². The Labute approximate surface area is 117 Å². The van der Waals surface area contributed by atoms with Crippen molar-refractivity contribution in [3.63, 3.8) is 0 Å². The molecule has 0 fully saturated rings. The molecule has 0 aromatic carbocycles. The van der Waals surface area contributed by atoms with Gasteiger partial charge in [-0.3, -0.25) is 4.98 Å². The van der Waals surface area contributed by atoms with Crippen LogP contribution < -0.4 is 0 Å². The zero-order valence-corrected chi connectivity index (χ0v) is 11.7. The van der Waals surface area contributed by atoms with Crippen molar-refractivity contribution in [1.82, 2.24) is 20.0 Å². The van der Waals surface area contributed by atoms with Crippen LogP contribution >= 0.6 is 0 Å². The minimum absolute atomic E-state index is 0.0241. The van der Waals surface area contributed by atoms with Gasteiger partial charge in [-0.25, -0.2) is 9.48 Å². The standard InChI is InChI=1S/C14H18N4O2/c1-3-10(4-2)9-18-13(11-6-5-7-15-8-11)12(14(19)20)16-17-18/h5-8,10H,3-4,9H2,1-2H3,(H,19,20). The highest BCUT2D eigenvalue weighted by Crippen LogP contribution is 2.23. The molecule has 20 heavy (non-hydrogen) atoms. The molecule has 0 aliphatic carbocycles. The number of aromatic nitrogens is 4. The third kappa shape index (κ3) is 2.84. The van der Waals surface area contributed by atoms with Gasteiger partial charge >= 0.3 is 5.97 Å². The van der Waals surface area contributed by atoms with Crippen molar-refractivity contribution in [3.05, 3.63) is 30.2 Å². The summed E-state index contributed by atoms with van der Waals surface area (Å²) in [6.07, 6.45) is 5.32. The van der Waals surface area contributed by atoms with E-state index in [1.807, 2.05) is 6.07 Å². The summed E-state index contributed by atoms with van der Waals surface area (Å²) in [7, 11) is 0. The molecule has 0 radical (unpaired) electrons. The van der Waals surface area contributed by atoms with E-state index in [0.29, 0.717) is 18.2 Å². The molecule has 1 N–H and O–H groups in total. The maximum absolute atomic E-state index is 11.3. The number of pyridine rings is 1. The highest BCUT2D eigenvalue weighted by atomic mass is 16.4. The Bertz CT molecular complexity index is 576. The van der Waals surface area contributed by atoms with Gasteiger partial charge in [0, 0.05) is 24.5 Å². The summed E-state index contributed by atoms with van der Waals surface area (Å²) in [4.78, 5) is 15.3. The van der Waals surface area contributed by atoms with Gasteiger partial charge in [0.15, 0.2) is 5.69 Å². The van der Waals surface area contributed by atoms with Crippen LogP contribution in [0.3, 0.4) is 0 Å². The summed E-state index contributed by atoms with van der Waals surface area (Å²) in [5, 5.41) is 17.1. The Kier molecular flexibility index (Phi) is 4.45. The van der Waals surface area contributed by atoms with Crippen LogP contribution in [0.5, 0.6) is 0 Å². The lowest BCUT2D eigenvalue weighted by Crippen LogP contribution is -2.12. The lowest BCUT2D eigenvalue weighted by Gasteiger charge is -2.14. The molecule has 6 nitrogen and oxygen atoms in total. The number of nitrogens with zero attached hydrogens (tertiary/aromatic N) is 4. The van der Waals surface area contributed by atoms with E-state index in [0.717, 1.165) is 18.4 Å². The minimum Gasteiger partial charge on any atom is -0.476 e. The normalized spacial score (nSPS) is 10.9. The first-order chi connectivity index (χ1) is 9.67. The van der Waals surface area contributed by atoms with Crippen molar-refractivity contribution in [2.45, 2.75) is 33.2 Å². The number of carboxylic acids is 1. The summed E-state index contributed by atoms with van der Waals surface area (Å²) >= 11 is 0. The zero-order chi connectivity index (χ0) is 14.5. The minimum atomic E-state index is -1.07. The van der Waals surface area contributed by atoms with E-state index in [1.54, 1.807) is 23.1 Å². The molecule has 0 amide bonds. The topological polar surface area (TPSA) is 80.9 Å². The van der Waals surface area contributed by atoms with E-state index in [1.165, 1.54) is 0 Å². The number of hydrogen-bond donors (Lipinski definition) is 1. The van der Waals surface area contributed by atoms with E-state index in [4.69, 9.17) is 0 Å². The Morgan fingerprint density at radius 1 is 1.40 bits per heavy atom. The van der Waals surface area contributed by atoms with Crippen LogP contribution in [0, 0.1) is 5.92 Å². The lowest BCUT2D eigenvalue weighted by atomic mass is 10.0. The van der Waals surface area contributed by atoms with Crippen LogP contribution in [0.2, 0.25) is 0 Å². The van der Waals surface area contributed by atoms with Crippen LogP contribution in [-0.2, 0) is 6.54 Å². The van der Waals surface area contributed by atoms with Gasteiger partial charge in [-0.05, 0) is 18.1 Å². The fraction of sp³-hybridized carbons (Fsp3) is 0.429. The molecule has 0 atom stereocenters. The highest BCUT2D eigenvalue weighted by Gasteiger charge is 2.21. The molecule has 0 aliphatic rings. The van der Waals surface area contributed by atoms with Crippen LogP contribution in [0.4, 0.5) is 0 Å². The molecule has 0 unspecified atom stereocenters. The van der Waals surface area contributed by atoms with Gasteiger partial charge in [0.05, 0.1) is 0 Å². The first-order valence-electron chi connectivity index (χ1n) is 6.74. The van der Waals surface area contributed by atoms with Gasteiger partial charge in [0.25, 0.3) is 0 Å². The van der Waals surface area contributed by atoms with Crippen molar-refractivity contribution >= 4 is 5.97 Å². The number of carbonyl (C=O) groups is 1. The maximum atomic E-state index is 11.3. The Morgan fingerprint density at radius 2 is 2.15 bits per heavy atom. The number of aromatic carboxylic acids is 1. The van der Waals surface area contributed by atoms with Crippen molar-refractivity contribution in [2.75, 3.05) is 0 Å². The predicted octanol–water partition coefficient (Wildman–Crippen LogP) is 2.47. The lowest BCUT2D eigenvalue weighted by molar-refractivity contribution is 0.0691. The smallest absolute Gasteiger partial charge is 0.358 e. The van der Waals surface area contributed by atoms with Crippen molar-refractivity contribution in [3.8, 4) is 11.3 Å². The fourth-order valence-electron chi connectivity index (χ4n) is 2.16. The molecule has 0 spiro atoms. The molecule has 0 saturated carbocycles. The molecule has 0 bridgehead atoms. The quantitative estimate of drug-likeness (QED) is 0.875. The van der Waals surface area contributed by atoms with E-state index in [9.17, 15) is 9.90 Å². The molecule has 2 aromatic rings. The van der Waals surface area contributed by atoms with Gasteiger partial charge in [-0.15, -0.1) is 5.10 Å². The molecule has 2 rings (SSSR count). The number of hydrogen-bond acceptors (Lipinski definition) is 4. The van der Waals surface area contributed by atoms with Crippen LogP contribution in [0.1, 0.15) is 37.2 Å². The molecular weight excluding hydrogens is 256 g/mol. The third-order valence-electron chi connectivity index (χ3n) is 3.46. The second kappa shape index (κ2) is 6.27. The summed E-state index contributed by atoms with van der Waals surface area (Å²) in [6.45, 7) is 4.90. The van der Waals surface area contributed by atoms with Crippen LogP contribution in [0.15, 0.2) is 24.5 Å². The molecule has 0 saturated heterocycles. The van der Waals surface area contributed by atoms with Crippen molar-refractivity contribution in [1.29, 1.82) is 0 Å². The maximum Gasteiger partial charge on any atom is 0.358 e. The second-order valence-electron chi connectivity index (χ2n) is 4.70. The Morgan fingerprint density at radius 3 is 2.70 bits per heavy atom. The molecule has 2 aromatic heterocycles. The summed E-state index contributed by atoms with van der Waals surface area (Å²) < 4.78 is 1.68. The number of rotatable bonds is 6. The van der Waals surface area contributed by atoms with Gasteiger partial charge in [-0.1, -0.05) is 31.9 Å². The van der Waals surface area contributed by atoms with Gasteiger partial charge in [0.2, 0.25) is 0 Å². The first-order valence-corrected chi connectivity index (χ1v) is 6.74. The monoisotopic (exact) mass is 274 g/mol. The summed E-state index contributed by atoms with van der Waals surface area (Å²) in [5.74, 6) is -0.617. The van der Waals surface area contributed by atoms with E-state index >= 15 is 0 Å². The highest BCUT2D eigenvalue weighted by molar-refractivity contribution is 5.92. The predicted molar refractivity (Wildman–Crippen MR) is 74.3 cm³/mol. The molecule has 0 aliphatic heterocycles. The van der Waals surface area contributed by atoms with Gasteiger partial charge in [-0.2, -0.15) is 0 Å². The van der Waals surface area contributed by atoms with E-state index < -0.39 is 5.97 Å². The molecule has 2 heterocycles. The first kappa shape index (κ1) is 14.2. The second-order valence-corrected chi connectivity index (χ2v) is 4.70. The average Bonchev–Trinajstić information content (AvgIpc) is 2.89. The van der Waals surface area contributed by atoms with Gasteiger partial charge < -0.3 is 5.11 Å². The molecule has 6 heteroatoms. The van der Waals surface area contributed by atoms with E-state index in [-0.39, 0.29) is 5.69 Å². The summed E-state index contributed by atoms with van der Waals surface area (Å²) in [5.41, 5.74) is 1.22. The number of carboxylic acid groups (broad SMARTS) is 1.